The van der Waals surface area contributed by atoms with Crippen LogP contribution in [-0.2, 0) is 5.72 Å². The molecule has 0 fully saturated rings. The van der Waals surface area contributed by atoms with Gasteiger partial charge >= 0.3 is 0 Å². The summed E-state index contributed by atoms with van der Waals surface area (Å²) in [5.74, 6) is 0.230. The van der Waals surface area contributed by atoms with Crippen molar-refractivity contribution in [3.8, 4) is 0 Å². The Morgan fingerprint density at radius 1 is 1.43 bits per heavy atom. The van der Waals surface area contributed by atoms with E-state index in [1.54, 1.807) is 0 Å². The first-order valence-electron chi connectivity index (χ1n) is 6.00. The third kappa shape index (κ3) is 2.10. The molecule has 0 saturated carbocycles. The summed E-state index contributed by atoms with van der Waals surface area (Å²) in [4.78, 5) is 25.5. The summed E-state index contributed by atoms with van der Waals surface area (Å²) in [6.07, 6.45) is 0. The number of aryl methyl sites for hydroxylation is 1. The van der Waals surface area contributed by atoms with Gasteiger partial charge in [0.15, 0.2) is 10.9 Å². The fourth-order valence-corrected chi connectivity index (χ4v) is 3.15. The van der Waals surface area contributed by atoms with E-state index in [9.17, 15) is 20.0 Å². The van der Waals surface area contributed by atoms with Crippen LogP contribution in [0.15, 0.2) is 34.2 Å². The van der Waals surface area contributed by atoms with E-state index in [1.165, 1.54) is 47.6 Å². The molecule has 1 aromatic heterocycles. The molecule has 2 heterocycles. The number of aliphatic hydroxyl groups is 1. The van der Waals surface area contributed by atoms with Crippen LogP contribution in [0.25, 0.3) is 0 Å². The largest absolute Gasteiger partial charge is 0.365 e. The topological polar surface area (TPSA) is 111 Å². The SMILES string of the molecule is Cc1nn2c(nc1=O)SC[C@@]2(O)c1ccc([N+](=O)[O-])cc1. The lowest BCUT2D eigenvalue weighted by molar-refractivity contribution is -0.384. The highest BCUT2D eigenvalue weighted by Gasteiger charge is 2.41. The second-order valence-corrected chi connectivity index (χ2v) is 5.55. The van der Waals surface area contributed by atoms with Crippen LogP contribution in [0.1, 0.15) is 11.3 Å². The molecule has 0 saturated heterocycles. The summed E-state index contributed by atoms with van der Waals surface area (Å²) in [6, 6.07) is 5.59. The maximum atomic E-state index is 11.5. The number of hydrogen-bond acceptors (Lipinski definition) is 7. The molecule has 1 aromatic carbocycles. The normalized spacial score (nSPS) is 20.3. The van der Waals surface area contributed by atoms with Crippen molar-refractivity contribution >= 4 is 17.4 Å². The average Bonchev–Trinajstić information content (AvgIpc) is 2.78. The molecule has 0 aliphatic carbocycles. The fraction of sp³-hybridized carbons (Fsp3) is 0.250. The fourth-order valence-electron chi connectivity index (χ4n) is 2.07. The highest BCUT2D eigenvalue weighted by atomic mass is 32.2. The lowest BCUT2D eigenvalue weighted by atomic mass is 10.0. The Bertz CT molecular complexity index is 789. The van der Waals surface area contributed by atoms with Crippen molar-refractivity contribution in [1.82, 2.24) is 14.8 Å². The number of fused-ring (bicyclic) bond motifs is 1. The number of hydrogen-bond donors (Lipinski definition) is 1. The first kappa shape index (κ1) is 13.7. The number of benzene rings is 1. The highest BCUT2D eigenvalue weighted by Crippen LogP contribution is 2.38. The number of non-ortho nitro benzene ring substituents is 1. The lowest BCUT2D eigenvalue weighted by Crippen LogP contribution is -2.37. The Balaban J connectivity index is 2.10. The molecule has 8 nitrogen and oxygen atoms in total. The van der Waals surface area contributed by atoms with Gasteiger partial charge in [-0.3, -0.25) is 14.9 Å². The van der Waals surface area contributed by atoms with Crippen LogP contribution in [0.5, 0.6) is 0 Å². The Morgan fingerprint density at radius 3 is 2.71 bits per heavy atom. The van der Waals surface area contributed by atoms with E-state index in [4.69, 9.17) is 0 Å². The average molecular weight is 306 g/mol. The van der Waals surface area contributed by atoms with Crippen LogP contribution in [-0.4, -0.2) is 30.5 Å². The van der Waals surface area contributed by atoms with Gasteiger partial charge in [-0.2, -0.15) is 10.1 Å². The molecule has 0 radical (unpaired) electrons. The van der Waals surface area contributed by atoms with Crippen LogP contribution in [0, 0.1) is 17.0 Å². The quantitative estimate of drug-likeness (QED) is 0.640. The van der Waals surface area contributed by atoms with Crippen molar-refractivity contribution in [2.75, 3.05) is 5.75 Å². The molecular formula is C12H10N4O4S. The number of nitro groups is 1. The second-order valence-electron chi connectivity index (χ2n) is 4.61. The van der Waals surface area contributed by atoms with Gasteiger partial charge in [-0.1, -0.05) is 11.8 Å². The van der Waals surface area contributed by atoms with E-state index in [0.717, 1.165) is 0 Å². The van der Waals surface area contributed by atoms with Crippen molar-refractivity contribution in [2.45, 2.75) is 17.8 Å². The zero-order valence-electron chi connectivity index (χ0n) is 10.9. The van der Waals surface area contributed by atoms with Crippen molar-refractivity contribution in [3.05, 3.63) is 56.0 Å². The van der Waals surface area contributed by atoms with E-state index in [1.807, 2.05) is 0 Å². The standard InChI is InChI=1S/C12H10N4O4S/c1-7-10(17)13-11-15(14-7)12(18,6-21-11)8-2-4-9(5-3-8)16(19)20/h2-5,18H,6H2,1H3/t12-/m1/s1. The van der Waals surface area contributed by atoms with Crippen LogP contribution >= 0.6 is 11.8 Å². The smallest absolute Gasteiger partial charge is 0.295 e. The Morgan fingerprint density at radius 2 is 2.10 bits per heavy atom. The van der Waals surface area contributed by atoms with Gasteiger partial charge in [-0.05, 0) is 19.1 Å². The van der Waals surface area contributed by atoms with Crippen molar-refractivity contribution < 1.29 is 10.0 Å². The number of aromatic nitrogens is 3. The molecule has 2 aromatic rings. The highest BCUT2D eigenvalue weighted by molar-refractivity contribution is 7.99. The molecule has 0 spiro atoms. The van der Waals surface area contributed by atoms with Gasteiger partial charge in [0.1, 0.15) is 5.69 Å². The number of rotatable bonds is 2. The summed E-state index contributed by atoms with van der Waals surface area (Å²) in [6.45, 7) is 1.52. The summed E-state index contributed by atoms with van der Waals surface area (Å²) in [5.41, 5.74) is -1.32. The maximum Gasteiger partial charge on any atom is 0.295 e. The van der Waals surface area contributed by atoms with E-state index in [-0.39, 0.29) is 17.1 Å². The Labute approximate surface area is 122 Å². The first-order chi connectivity index (χ1) is 9.91. The van der Waals surface area contributed by atoms with Gasteiger partial charge in [0.2, 0.25) is 0 Å². The molecule has 3 rings (SSSR count). The minimum absolute atomic E-state index is 0.0598. The molecule has 0 unspecified atom stereocenters. The predicted octanol–water partition coefficient (Wildman–Crippen LogP) is 0.654. The van der Waals surface area contributed by atoms with E-state index in [2.05, 4.69) is 10.1 Å². The molecule has 9 heteroatoms. The third-order valence-corrected chi connectivity index (χ3v) is 4.30. The molecule has 108 valence electrons. The molecule has 21 heavy (non-hydrogen) atoms. The molecule has 1 atom stereocenters. The van der Waals surface area contributed by atoms with Gasteiger partial charge in [-0.25, -0.2) is 4.68 Å². The van der Waals surface area contributed by atoms with Gasteiger partial charge in [0.05, 0.1) is 10.7 Å². The third-order valence-electron chi connectivity index (χ3n) is 3.23. The zero-order chi connectivity index (χ0) is 15.2. The van der Waals surface area contributed by atoms with Crippen LogP contribution in [0.3, 0.4) is 0 Å². The van der Waals surface area contributed by atoms with Gasteiger partial charge in [-0.15, -0.1) is 0 Å². The van der Waals surface area contributed by atoms with Crippen molar-refractivity contribution in [2.24, 2.45) is 0 Å². The van der Waals surface area contributed by atoms with E-state index >= 15 is 0 Å². The molecular weight excluding hydrogens is 296 g/mol. The van der Waals surface area contributed by atoms with Gasteiger partial charge in [0, 0.05) is 17.7 Å². The molecule has 0 amide bonds. The van der Waals surface area contributed by atoms with Crippen molar-refractivity contribution in [1.29, 1.82) is 0 Å². The van der Waals surface area contributed by atoms with Crippen LogP contribution < -0.4 is 5.56 Å². The molecule has 1 N–H and O–H groups in total. The predicted molar refractivity (Wildman–Crippen MR) is 74.1 cm³/mol. The number of nitro benzene ring substituents is 1. The summed E-state index contributed by atoms with van der Waals surface area (Å²) < 4.78 is 1.29. The monoisotopic (exact) mass is 306 g/mol. The summed E-state index contributed by atoms with van der Waals surface area (Å²) in [7, 11) is 0. The number of thioether (sulfide) groups is 1. The minimum Gasteiger partial charge on any atom is -0.365 e. The van der Waals surface area contributed by atoms with Gasteiger partial charge in [0.25, 0.3) is 11.2 Å². The lowest BCUT2D eigenvalue weighted by Gasteiger charge is -2.24. The van der Waals surface area contributed by atoms with E-state index < -0.39 is 16.2 Å². The summed E-state index contributed by atoms with van der Waals surface area (Å²) in [5, 5.41) is 25.9. The number of nitrogens with zero attached hydrogens (tertiary/aromatic N) is 4. The molecule has 1 aliphatic heterocycles. The minimum atomic E-state index is -1.47. The van der Waals surface area contributed by atoms with Gasteiger partial charge < -0.3 is 5.11 Å². The van der Waals surface area contributed by atoms with E-state index in [0.29, 0.717) is 10.7 Å². The van der Waals surface area contributed by atoms with Crippen LogP contribution in [0.4, 0.5) is 5.69 Å². The maximum absolute atomic E-state index is 11.5. The zero-order valence-corrected chi connectivity index (χ0v) is 11.7. The van der Waals surface area contributed by atoms with Crippen molar-refractivity contribution in [3.63, 3.8) is 0 Å². The Hall–Kier alpha value is -2.26. The van der Waals surface area contributed by atoms with Crippen LogP contribution in [0.2, 0.25) is 0 Å². The Kier molecular flexibility index (Phi) is 3.03. The first-order valence-corrected chi connectivity index (χ1v) is 6.99. The molecule has 0 bridgehead atoms. The molecule has 1 aliphatic rings. The second kappa shape index (κ2) is 4.64. The summed E-state index contributed by atoms with van der Waals surface area (Å²) >= 11 is 1.21.